The van der Waals surface area contributed by atoms with Gasteiger partial charge < -0.3 is 5.73 Å². The lowest BCUT2D eigenvalue weighted by Gasteiger charge is -2.21. The molecular weight excluding hydrogens is 286 g/mol. The summed E-state index contributed by atoms with van der Waals surface area (Å²) < 4.78 is 26.9. The number of nitrogens with two attached hydrogens (primary N) is 1. The topological polar surface area (TPSA) is 96.0 Å². The predicted molar refractivity (Wildman–Crippen MR) is 84.7 cm³/mol. The molecule has 0 radical (unpaired) electrons. The fourth-order valence-electron chi connectivity index (χ4n) is 2.77. The Kier molecular flexibility index (Phi) is 5.36. The molecule has 0 aromatic heterocycles. The van der Waals surface area contributed by atoms with Crippen LogP contribution in [0.5, 0.6) is 0 Å². The minimum Gasteiger partial charge on any atom is -0.384 e. The lowest BCUT2D eigenvalue weighted by atomic mass is 9.91. The van der Waals surface area contributed by atoms with Gasteiger partial charge in [-0.15, -0.1) is 0 Å². The van der Waals surface area contributed by atoms with Gasteiger partial charge in [0.05, 0.1) is 5.75 Å². The third-order valence-electron chi connectivity index (χ3n) is 3.91. The molecule has 0 amide bonds. The van der Waals surface area contributed by atoms with E-state index in [-0.39, 0.29) is 18.1 Å². The summed E-state index contributed by atoms with van der Waals surface area (Å²) in [4.78, 5) is 0. The number of amidine groups is 1. The van der Waals surface area contributed by atoms with Gasteiger partial charge in [0.15, 0.2) is 0 Å². The molecule has 1 saturated carbocycles. The Morgan fingerprint density at radius 3 is 2.67 bits per heavy atom. The summed E-state index contributed by atoms with van der Waals surface area (Å²) in [5.41, 5.74) is 6.86. The van der Waals surface area contributed by atoms with Crippen molar-refractivity contribution in [1.29, 1.82) is 5.41 Å². The Balaban J connectivity index is 1.91. The fourth-order valence-corrected chi connectivity index (χ4v) is 4.22. The third-order valence-corrected chi connectivity index (χ3v) is 5.41. The van der Waals surface area contributed by atoms with Gasteiger partial charge in [-0.2, -0.15) is 0 Å². The number of sulfonamides is 1. The summed E-state index contributed by atoms with van der Waals surface area (Å²) in [5, 5.41) is 7.40. The molecule has 0 bridgehead atoms. The molecule has 0 unspecified atom stereocenters. The predicted octanol–water partition coefficient (Wildman–Crippen LogP) is 1.97. The average Bonchev–Trinajstić information content (AvgIpc) is 2.46. The normalized spacial score (nSPS) is 16.8. The van der Waals surface area contributed by atoms with Gasteiger partial charge in [-0.05, 0) is 30.4 Å². The van der Waals surface area contributed by atoms with Crippen molar-refractivity contribution >= 4 is 15.9 Å². The molecule has 1 aromatic rings. The smallest absolute Gasteiger partial charge is 0.212 e. The number of benzene rings is 1. The SMILES string of the molecule is N=C(N)c1cccc(CNS(=O)(=O)CC2CCCCC2)c1. The molecule has 116 valence electrons. The van der Waals surface area contributed by atoms with Gasteiger partial charge in [0.1, 0.15) is 5.84 Å². The molecule has 0 heterocycles. The minimum absolute atomic E-state index is 0.0121. The van der Waals surface area contributed by atoms with Crippen LogP contribution in [0.4, 0.5) is 0 Å². The van der Waals surface area contributed by atoms with Gasteiger partial charge in [-0.25, -0.2) is 13.1 Å². The van der Waals surface area contributed by atoms with Crippen LogP contribution in [-0.2, 0) is 16.6 Å². The number of hydrogen-bond acceptors (Lipinski definition) is 3. The quantitative estimate of drug-likeness (QED) is 0.553. The van der Waals surface area contributed by atoms with Crippen LogP contribution in [0, 0.1) is 11.3 Å². The highest BCUT2D eigenvalue weighted by Gasteiger charge is 2.20. The first-order valence-corrected chi connectivity index (χ1v) is 9.02. The van der Waals surface area contributed by atoms with Crippen molar-refractivity contribution < 1.29 is 8.42 Å². The molecule has 0 atom stereocenters. The largest absolute Gasteiger partial charge is 0.384 e. The molecule has 21 heavy (non-hydrogen) atoms. The molecule has 2 rings (SSSR count). The van der Waals surface area contributed by atoms with Gasteiger partial charge in [-0.1, -0.05) is 37.5 Å². The Morgan fingerprint density at radius 1 is 1.29 bits per heavy atom. The summed E-state index contributed by atoms with van der Waals surface area (Å²) in [6.07, 6.45) is 5.53. The van der Waals surface area contributed by atoms with Crippen LogP contribution in [0.2, 0.25) is 0 Å². The van der Waals surface area contributed by atoms with Gasteiger partial charge in [0.25, 0.3) is 0 Å². The Bertz CT molecular complexity index is 593. The van der Waals surface area contributed by atoms with Gasteiger partial charge >= 0.3 is 0 Å². The van der Waals surface area contributed by atoms with E-state index in [9.17, 15) is 8.42 Å². The van der Waals surface area contributed by atoms with E-state index < -0.39 is 10.0 Å². The van der Waals surface area contributed by atoms with Crippen LogP contribution < -0.4 is 10.5 Å². The summed E-state index contributed by atoms with van der Waals surface area (Å²) in [5.74, 6) is 0.501. The first-order chi connectivity index (χ1) is 9.96. The number of nitrogens with one attached hydrogen (secondary N) is 2. The highest BCUT2D eigenvalue weighted by Crippen LogP contribution is 2.24. The zero-order valence-electron chi connectivity index (χ0n) is 12.1. The zero-order chi connectivity index (χ0) is 15.3. The van der Waals surface area contributed by atoms with Crippen molar-refractivity contribution in [3.05, 3.63) is 35.4 Å². The summed E-state index contributed by atoms with van der Waals surface area (Å²) in [7, 11) is -3.25. The highest BCUT2D eigenvalue weighted by molar-refractivity contribution is 7.89. The number of nitrogen functional groups attached to an aromatic ring is 1. The van der Waals surface area contributed by atoms with E-state index in [0.29, 0.717) is 11.5 Å². The van der Waals surface area contributed by atoms with Crippen LogP contribution in [0.15, 0.2) is 24.3 Å². The molecule has 5 nitrogen and oxygen atoms in total. The second-order valence-corrected chi connectivity index (χ2v) is 7.57. The maximum atomic E-state index is 12.1. The van der Waals surface area contributed by atoms with Crippen LogP contribution >= 0.6 is 0 Å². The molecule has 1 aromatic carbocycles. The van der Waals surface area contributed by atoms with E-state index in [2.05, 4.69) is 4.72 Å². The van der Waals surface area contributed by atoms with Crippen LogP contribution in [0.3, 0.4) is 0 Å². The van der Waals surface area contributed by atoms with Gasteiger partial charge in [0, 0.05) is 12.1 Å². The van der Waals surface area contributed by atoms with Crippen molar-refractivity contribution in [2.45, 2.75) is 38.6 Å². The minimum atomic E-state index is -3.25. The second kappa shape index (κ2) is 7.04. The first kappa shape index (κ1) is 16.0. The Morgan fingerprint density at radius 2 is 2.00 bits per heavy atom. The fraction of sp³-hybridized carbons (Fsp3) is 0.533. The van der Waals surface area contributed by atoms with E-state index in [1.165, 1.54) is 6.42 Å². The molecule has 0 aliphatic heterocycles. The number of rotatable bonds is 6. The van der Waals surface area contributed by atoms with Crippen molar-refractivity contribution in [2.75, 3.05) is 5.75 Å². The standard InChI is InChI=1S/C15H23N3O2S/c16-15(17)14-8-4-7-13(9-14)10-18-21(19,20)11-12-5-2-1-3-6-12/h4,7-9,12,18H,1-3,5-6,10-11H2,(H3,16,17). The number of hydrogen-bond donors (Lipinski definition) is 3. The van der Waals surface area contributed by atoms with E-state index in [0.717, 1.165) is 31.2 Å². The van der Waals surface area contributed by atoms with Crippen LogP contribution in [0.1, 0.15) is 43.2 Å². The molecule has 4 N–H and O–H groups in total. The molecule has 0 saturated heterocycles. The van der Waals surface area contributed by atoms with Crippen molar-refractivity contribution in [2.24, 2.45) is 11.7 Å². The summed E-state index contributed by atoms with van der Waals surface area (Å²) >= 11 is 0. The third kappa shape index (κ3) is 5.13. The lowest BCUT2D eigenvalue weighted by molar-refractivity contribution is 0.384. The van der Waals surface area contributed by atoms with Crippen LogP contribution in [-0.4, -0.2) is 20.0 Å². The molecule has 0 spiro atoms. The molecule has 1 fully saturated rings. The van der Waals surface area contributed by atoms with Crippen molar-refractivity contribution in [1.82, 2.24) is 4.72 Å². The van der Waals surface area contributed by atoms with Crippen molar-refractivity contribution in [3.63, 3.8) is 0 Å². The Labute approximate surface area is 126 Å². The zero-order valence-corrected chi connectivity index (χ0v) is 13.0. The van der Waals surface area contributed by atoms with E-state index in [4.69, 9.17) is 11.1 Å². The summed E-state index contributed by atoms with van der Waals surface area (Å²) in [6, 6.07) is 7.09. The monoisotopic (exact) mass is 309 g/mol. The lowest BCUT2D eigenvalue weighted by Crippen LogP contribution is -2.30. The maximum Gasteiger partial charge on any atom is 0.212 e. The van der Waals surface area contributed by atoms with Crippen molar-refractivity contribution in [3.8, 4) is 0 Å². The summed E-state index contributed by atoms with van der Waals surface area (Å²) in [6.45, 7) is 0.246. The maximum absolute atomic E-state index is 12.1. The molecule has 6 heteroatoms. The van der Waals surface area contributed by atoms with Crippen LogP contribution in [0.25, 0.3) is 0 Å². The molecular formula is C15H23N3O2S. The molecule has 1 aliphatic rings. The van der Waals surface area contributed by atoms with E-state index >= 15 is 0 Å². The van der Waals surface area contributed by atoms with Gasteiger partial charge in [0.2, 0.25) is 10.0 Å². The second-order valence-electron chi connectivity index (χ2n) is 5.72. The molecule has 1 aliphatic carbocycles. The Hall–Kier alpha value is -1.40. The average molecular weight is 309 g/mol. The highest BCUT2D eigenvalue weighted by atomic mass is 32.2. The van der Waals surface area contributed by atoms with E-state index in [1.54, 1.807) is 18.2 Å². The van der Waals surface area contributed by atoms with E-state index in [1.807, 2.05) is 6.07 Å². The first-order valence-electron chi connectivity index (χ1n) is 7.37. The van der Waals surface area contributed by atoms with Gasteiger partial charge in [-0.3, -0.25) is 5.41 Å².